The van der Waals surface area contributed by atoms with Crippen molar-refractivity contribution in [3.05, 3.63) is 45.4 Å². The molecule has 9 heteroatoms. The van der Waals surface area contributed by atoms with Crippen LogP contribution >= 0.6 is 15.9 Å². The molecule has 1 aromatic carbocycles. The van der Waals surface area contributed by atoms with Crippen LogP contribution in [0.5, 0.6) is 0 Å². The van der Waals surface area contributed by atoms with Crippen LogP contribution in [0.2, 0.25) is 0 Å². The van der Waals surface area contributed by atoms with E-state index >= 15 is 0 Å². The Morgan fingerprint density at radius 1 is 1.32 bits per heavy atom. The van der Waals surface area contributed by atoms with Crippen LogP contribution in [-0.2, 0) is 7.05 Å². The van der Waals surface area contributed by atoms with Crippen LogP contribution in [0.1, 0.15) is 17.3 Å². The van der Waals surface area contributed by atoms with Crippen LogP contribution in [0.25, 0.3) is 0 Å². The minimum absolute atomic E-state index is 0.279. The first kappa shape index (κ1) is 14.0. The van der Waals surface area contributed by atoms with Crippen molar-refractivity contribution in [2.45, 2.75) is 6.04 Å². The number of aryl methyl sites for hydroxylation is 1. The third-order valence-corrected chi connectivity index (χ3v) is 3.16. The molecule has 0 fully saturated rings. The summed E-state index contributed by atoms with van der Waals surface area (Å²) in [6.45, 7) is 0. The van der Waals surface area contributed by atoms with E-state index in [0.29, 0.717) is 17.8 Å². The highest BCUT2D eigenvalue weighted by atomic mass is 79.9. The standard InChI is InChI=1S/C10H9BrF3N5/c1-19-9(10(11)17-18-19)8(16-15)7-5(13)2-4(12)3-6(7)14/h2-3,8,16H,15H2,1H3. The molecule has 0 aliphatic rings. The van der Waals surface area contributed by atoms with Crippen molar-refractivity contribution in [1.29, 1.82) is 0 Å². The predicted molar refractivity (Wildman–Crippen MR) is 64.2 cm³/mol. The van der Waals surface area contributed by atoms with Gasteiger partial charge in [0.15, 0.2) is 4.60 Å². The monoisotopic (exact) mass is 335 g/mol. The fourth-order valence-electron chi connectivity index (χ4n) is 1.77. The summed E-state index contributed by atoms with van der Waals surface area (Å²) >= 11 is 3.11. The van der Waals surface area contributed by atoms with E-state index in [9.17, 15) is 13.2 Å². The smallest absolute Gasteiger partial charge is 0.153 e. The zero-order chi connectivity index (χ0) is 14.2. The number of halogens is 4. The molecule has 1 unspecified atom stereocenters. The molecule has 0 spiro atoms. The molecule has 1 heterocycles. The number of nitrogens with zero attached hydrogens (tertiary/aromatic N) is 3. The van der Waals surface area contributed by atoms with Crippen molar-refractivity contribution < 1.29 is 13.2 Å². The van der Waals surface area contributed by atoms with Crippen LogP contribution in [-0.4, -0.2) is 15.0 Å². The van der Waals surface area contributed by atoms with E-state index in [1.54, 1.807) is 0 Å². The lowest BCUT2D eigenvalue weighted by atomic mass is 10.0. The summed E-state index contributed by atoms with van der Waals surface area (Å²) in [7, 11) is 1.54. The summed E-state index contributed by atoms with van der Waals surface area (Å²) < 4.78 is 42.0. The number of rotatable bonds is 3. The Morgan fingerprint density at radius 3 is 2.32 bits per heavy atom. The second-order valence-corrected chi connectivity index (χ2v) is 4.52. The third-order valence-electron chi connectivity index (χ3n) is 2.60. The van der Waals surface area contributed by atoms with Crippen LogP contribution in [0.3, 0.4) is 0 Å². The number of hydrogen-bond acceptors (Lipinski definition) is 4. The van der Waals surface area contributed by atoms with E-state index in [1.807, 2.05) is 0 Å². The van der Waals surface area contributed by atoms with E-state index in [2.05, 4.69) is 31.7 Å². The molecule has 102 valence electrons. The topological polar surface area (TPSA) is 68.8 Å². The van der Waals surface area contributed by atoms with E-state index in [0.717, 1.165) is 0 Å². The Balaban J connectivity index is 2.61. The number of hydrazine groups is 1. The summed E-state index contributed by atoms with van der Waals surface area (Å²) in [6.07, 6.45) is 0. The quantitative estimate of drug-likeness (QED) is 0.659. The Hall–Kier alpha value is -1.45. The lowest BCUT2D eigenvalue weighted by Crippen LogP contribution is -2.32. The van der Waals surface area contributed by atoms with Gasteiger partial charge in [-0.05, 0) is 15.9 Å². The number of aromatic nitrogens is 3. The maximum absolute atomic E-state index is 13.8. The molecule has 0 aliphatic heterocycles. The maximum Gasteiger partial charge on any atom is 0.153 e. The zero-order valence-corrected chi connectivity index (χ0v) is 11.2. The van der Waals surface area contributed by atoms with Gasteiger partial charge in [0.25, 0.3) is 0 Å². The van der Waals surface area contributed by atoms with Crippen molar-refractivity contribution in [3.8, 4) is 0 Å². The summed E-state index contributed by atoms with van der Waals surface area (Å²) in [4.78, 5) is 0. The Kier molecular flexibility index (Phi) is 3.88. The number of nitrogens with one attached hydrogen (secondary N) is 1. The minimum atomic E-state index is -1.06. The second kappa shape index (κ2) is 5.27. The number of hydrogen-bond donors (Lipinski definition) is 2. The molecule has 0 bridgehead atoms. The van der Waals surface area contributed by atoms with Gasteiger partial charge in [0.2, 0.25) is 0 Å². The van der Waals surface area contributed by atoms with Gasteiger partial charge in [0.05, 0.1) is 11.7 Å². The second-order valence-electron chi connectivity index (χ2n) is 3.77. The van der Waals surface area contributed by atoms with Crippen molar-refractivity contribution >= 4 is 15.9 Å². The Labute approximate surface area is 114 Å². The van der Waals surface area contributed by atoms with E-state index in [4.69, 9.17) is 5.84 Å². The van der Waals surface area contributed by atoms with Gasteiger partial charge in [0, 0.05) is 24.7 Å². The summed E-state index contributed by atoms with van der Waals surface area (Å²) in [5, 5.41) is 7.40. The van der Waals surface area contributed by atoms with Gasteiger partial charge < -0.3 is 0 Å². The number of benzene rings is 1. The molecule has 3 N–H and O–H groups in total. The molecule has 1 atom stereocenters. The van der Waals surface area contributed by atoms with Crippen molar-refractivity contribution in [2.75, 3.05) is 0 Å². The van der Waals surface area contributed by atoms with E-state index in [1.165, 1.54) is 11.7 Å². The van der Waals surface area contributed by atoms with Gasteiger partial charge in [-0.1, -0.05) is 5.21 Å². The molecule has 0 radical (unpaired) electrons. The summed E-state index contributed by atoms with van der Waals surface area (Å²) in [5.74, 6) is 2.24. The molecule has 0 aliphatic carbocycles. The predicted octanol–water partition coefficient (Wildman–Crippen LogP) is 1.55. The van der Waals surface area contributed by atoms with Crippen molar-refractivity contribution in [2.24, 2.45) is 12.9 Å². The first-order valence-corrected chi connectivity index (χ1v) is 5.90. The largest absolute Gasteiger partial charge is 0.271 e. The first-order chi connectivity index (χ1) is 8.95. The maximum atomic E-state index is 13.8. The lowest BCUT2D eigenvalue weighted by Gasteiger charge is -2.18. The average Bonchev–Trinajstić information content (AvgIpc) is 2.64. The fourth-order valence-corrected chi connectivity index (χ4v) is 2.33. The van der Waals surface area contributed by atoms with Gasteiger partial charge in [-0.2, -0.15) is 0 Å². The summed E-state index contributed by atoms with van der Waals surface area (Å²) in [6, 6.07) is 0.107. The van der Waals surface area contributed by atoms with E-state index < -0.39 is 29.1 Å². The minimum Gasteiger partial charge on any atom is -0.271 e. The first-order valence-electron chi connectivity index (χ1n) is 5.11. The van der Waals surface area contributed by atoms with Gasteiger partial charge >= 0.3 is 0 Å². The zero-order valence-electron chi connectivity index (χ0n) is 9.66. The van der Waals surface area contributed by atoms with Crippen LogP contribution in [0.4, 0.5) is 13.2 Å². The molecular weight excluding hydrogens is 327 g/mol. The highest BCUT2D eigenvalue weighted by Crippen LogP contribution is 2.30. The normalized spacial score (nSPS) is 12.7. The van der Waals surface area contributed by atoms with E-state index in [-0.39, 0.29) is 4.60 Å². The Bertz CT molecular complexity index is 573. The van der Waals surface area contributed by atoms with Gasteiger partial charge in [-0.15, -0.1) is 5.10 Å². The molecule has 0 saturated carbocycles. The number of nitrogens with two attached hydrogens (primary N) is 1. The van der Waals surface area contributed by atoms with Crippen LogP contribution < -0.4 is 11.3 Å². The highest BCUT2D eigenvalue weighted by molar-refractivity contribution is 9.10. The molecule has 2 rings (SSSR count). The van der Waals surface area contributed by atoms with Gasteiger partial charge in [0.1, 0.15) is 17.5 Å². The molecular formula is C10H9BrF3N5. The summed E-state index contributed by atoms with van der Waals surface area (Å²) in [5.41, 5.74) is 2.17. The Morgan fingerprint density at radius 2 is 1.89 bits per heavy atom. The highest BCUT2D eigenvalue weighted by Gasteiger charge is 2.27. The van der Waals surface area contributed by atoms with Crippen molar-refractivity contribution in [1.82, 2.24) is 20.4 Å². The van der Waals surface area contributed by atoms with Gasteiger partial charge in [-0.3, -0.25) is 5.84 Å². The fraction of sp³-hybridized carbons (Fsp3) is 0.200. The molecule has 19 heavy (non-hydrogen) atoms. The van der Waals surface area contributed by atoms with Crippen LogP contribution in [0, 0.1) is 17.5 Å². The molecule has 0 amide bonds. The molecule has 0 saturated heterocycles. The average molecular weight is 336 g/mol. The lowest BCUT2D eigenvalue weighted by molar-refractivity contribution is 0.478. The molecule has 2 aromatic rings. The van der Waals surface area contributed by atoms with Gasteiger partial charge in [-0.25, -0.2) is 23.3 Å². The molecule has 5 nitrogen and oxygen atoms in total. The SMILES string of the molecule is Cn1nnc(Br)c1C(NN)c1c(F)cc(F)cc1F. The van der Waals surface area contributed by atoms with Crippen molar-refractivity contribution in [3.63, 3.8) is 0 Å². The molecule has 1 aromatic heterocycles. The van der Waals surface area contributed by atoms with Crippen LogP contribution in [0.15, 0.2) is 16.7 Å². The third kappa shape index (κ3) is 2.48.